The van der Waals surface area contributed by atoms with Crippen molar-refractivity contribution in [1.29, 1.82) is 5.26 Å². The third kappa shape index (κ3) is 3.83. The average Bonchev–Trinajstić information content (AvgIpc) is 3.35. The van der Waals surface area contributed by atoms with Crippen LogP contribution in [-0.2, 0) is 4.79 Å². The minimum atomic E-state index is -0.462. The number of thioether (sulfide) groups is 1. The van der Waals surface area contributed by atoms with Crippen molar-refractivity contribution in [1.82, 2.24) is 19.7 Å². The van der Waals surface area contributed by atoms with E-state index in [1.165, 1.54) is 41.6 Å². The second kappa shape index (κ2) is 7.98. The maximum Gasteiger partial charge on any atom is 0.238 e. The summed E-state index contributed by atoms with van der Waals surface area (Å²) in [5.74, 6) is -0.562. The number of carbonyl (C=O) groups is 1. The van der Waals surface area contributed by atoms with E-state index < -0.39 is 5.25 Å². The average molecular weight is 424 g/mol. The molecule has 3 heterocycles. The summed E-state index contributed by atoms with van der Waals surface area (Å²) in [6.07, 6.45) is 3.03. The number of aromatic nitrogens is 4. The van der Waals surface area contributed by atoms with Crippen LogP contribution in [0, 0.1) is 17.1 Å². The summed E-state index contributed by atoms with van der Waals surface area (Å²) in [4.78, 5) is 21.1. The Bertz CT molecular complexity index is 1230. The number of benzene rings is 1. The molecule has 1 unspecified atom stereocenters. The first-order chi connectivity index (χ1) is 14.1. The van der Waals surface area contributed by atoms with Crippen molar-refractivity contribution in [3.63, 3.8) is 0 Å². The zero-order valence-corrected chi connectivity index (χ0v) is 16.7. The van der Waals surface area contributed by atoms with E-state index in [1.54, 1.807) is 41.4 Å². The van der Waals surface area contributed by atoms with Gasteiger partial charge in [0.05, 0.1) is 28.1 Å². The van der Waals surface area contributed by atoms with Gasteiger partial charge in [-0.25, -0.2) is 19.0 Å². The van der Waals surface area contributed by atoms with Gasteiger partial charge in [0, 0.05) is 0 Å². The second-order valence-electron chi connectivity index (χ2n) is 5.97. The summed E-state index contributed by atoms with van der Waals surface area (Å²) in [6.45, 7) is 1.76. The van der Waals surface area contributed by atoms with Gasteiger partial charge < -0.3 is 5.32 Å². The van der Waals surface area contributed by atoms with Crippen LogP contribution in [0.15, 0.2) is 53.3 Å². The topological polar surface area (TPSA) is 96.5 Å². The van der Waals surface area contributed by atoms with E-state index in [0.717, 1.165) is 0 Å². The lowest BCUT2D eigenvalue weighted by atomic mass is 10.3. The molecule has 7 nitrogen and oxygen atoms in total. The van der Waals surface area contributed by atoms with Crippen molar-refractivity contribution in [2.45, 2.75) is 17.2 Å². The molecule has 0 aliphatic rings. The Labute approximate surface area is 173 Å². The Morgan fingerprint density at radius 2 is 2.10 bits per heavy atom. The quantitative estimate of drug-likeness (QED) is 0.384. The first kappa shape index (κ1) is 19.0. The molecule has 0 saturated heterocycles. The number of hydrogen-bond acceptors (Lipinski definition) is 7. The predicted octanol–water partition coefficient (Wildman–Crippen LogP) is 4.01. The Morgan fingerprint density at radius 3 is 2.86 bits per heavy atom. The molecule has 10 heteroatoms. The highest BCUT2D eigenvalue weighted by atomic mass is 32.2. The molecule has 0 spiro atoms. The Kier molecular flexibility index (Phi) is 5.24. The number of rotatable bonds is 5. The Balaban J connectivity index is 1.57. The van der Waals surface area contributed by atoms with E-state index in [4.69, 9.17) is 5.26 Å². The van der Waals surface area contributed by atoms with Crippen LogP contribution in [0.1, 0.15) is 12.5 Å². The molecule has 1 atom stereocenters. The smallest absolute Gasteiger partial charge is 0.238 e. The van der Waals surface area contributed by atoms with Gasteiger partial charge in [-0.05, 0) is 42.6 Å². The van der Waals surface area contributed by atoms with E-state index in [-0.39, 0.29) is 11.7 Å². The van der Waals surface area contributed by atoms with Gasteiger partial charge in [0.25, 0.3) is 0 Å². The molecular formula is C19H13FN6OS2. The number of nitrogens with zero attached hydrogens (tertiary/aromatic N) is 5. The molecule has 4 aromatic rings. The molecular weight excluding hydrogens is 411 g/mol. The molecule has 3 aromatic heterocycles. The number of nitrogens with one attached hydrogen (secondary N) is 1. The molecule has 1 amide bonds. The highest BCUT2D eigenvalue weighted by molar-refractivity contribution is 8.00. The number of nitriles is 1. The van der Waals surface area contributed by atoms with Crippen molar-refractivity contribution >= 4 is 45.0 Å². The Hall–Kier alpha value is -3.29. The van der Waals surface area contributed by atoms with Gasteiger partial charge in [-0.3, -0.25) is 4.79 Å². The number of fused-ring (bicyclic) bond motifs is 1. The SMILES string of the molecule is CC(Sc1ncnc2c1cnn2-c1ccc(F)cc1)C(=O)Nc1sccc1C#N. The van der Waals surface area contributed by atoms with Crippen LogP contribution in [-0.4, -0.2) is 30.9 Å². The molecule has 0 bridgehead atoms. The van der Waals surface area contributed by atoms with Gasteiger partial charge in [-0.1, -0.05) is 11.8 Å². The summed E-state index contributed by atoms with van der Waals surface area (Å²) >= 11 is 2.57. The molecule has 4 rings (SSSR count). The van der Waals surface area contributed by atoms with Crippen LogP contribution in [0.3, 0.4) is 0 Å². The van der Waals surface area contributed by atoms with Gasteiger partial charge in [0.15, 0.2) is 5.65 Å². The lowest BCUT2D eigenvalue weighted by Crippen LogP contribution is -2.22. The van der Waals surface area contributed by atoms with E-state index in [2.05, 4.69) is 20.4 Å². The molecule has 0 aliphatic carbocycles. The second-order valence-corrected chi connectivity index (χ2v) is 8.22. The fraction of sp³-hybridized carbons (Fsp3) is 0.105. The predicted molar refractivity (Wildman–Crippen MR) is 110 cm³/mol. The number of halogens is 1. The molecule has 1 N–H and O–H groups in total. The van der Waals surface area contributed by atoms with Crippen LogP contribution in [0.2, 0.25) is 0 Å². The van der Waals surface area contributed by atoms with Gasteiger partial charge in [-0.2, -0.15) is 10.4 Å². The van der Waals surface area contributed by atoms with Crippen molar-refractivity contribution in [3.8, 4) is 11.8 Å². The van der Waals surface area contributed by atoms with Crippen LogP contribution < -0.4 is 5.32 Å². The van der Waals surface area contributed by atoms with E-state index in [1.807, 2.05) is 6.07 Å². The third-order valence-electron chi connectivity index (χ3n) is 4.08. The largest absolute Gasteiger partial charge is 0.316 e. The number of thiophene rings is 1. The maximum atomic E-state index is 13.2. The highest BCUT2D eigenvalue weighted by Gasteiger charge is 2.20. The summed E-state index contributed by atoms with van der Waals surface area (Å²) in [7, 11) is 0. The van der Waals surface area contributed by atoms with Crippen molar-refractivity contribution in [2.75, 3.05) is 5.32 Å². The van der Waals surface area contributed by atoms with Crippen LogP contribution >= 0.6 is 23.1 Å². The summed E-state index contributed by atoms with van der Waals surface area (Å²) < 4.78 is 14.8. The lowest BCUT2D eigenvalue weighted by Gasteiger charge is -2.11. The number of anilines is 1. The standard InChI is InChI=1S/C19H13FN6OS2/c1-11(17(27)25-18-12(8-21)6-7-28-18)29-19-15-9-24-26(16(15)22-10-23-19)14-4-2-13(20)3-5-14/h2-7,9-11H,1H3,(H,25,27). The molecule has 0 fully saturated rings. The zero-order chi connectivity index (χ0) is 20.4. The number of hydrogen-bond donors (Lipinski definition) is 1. The van der Waals surface area contributed by atoms with Crippen molar-refractivity contribution in [2.24, 2.45) is 0 Å². The van der Waals surface area contributed by atoms with E-state index in [9.17, 15) is 9.18 Å². The molecule has 0 radical (unpaired) electrons. The van der Waals surface area contributed by atoms with Crippen LogP contribution in [0.4, 0.5) is 9.39 Å². The number of carbonyl (C=O) groups excluding carboxylic acids is 1. The van der Waals surface area contributed by atoms with Crippen molar-refractivity contribution < 1.29 is 9.18 Å². The minimum Gasteiger partial charge on any atom is -0.316 e. The first-order valence-electron chi connectivity index (χ1n) is 8.46. The van der Waals surface area contributed by atoms with Gasteiger partial charge in [-0.15, -0.1) is 11.3 Å². The third-order valence-corrected chi connectivity index (χ3v) is 6.03. The zero-order valence-electron chi connectivity index (χ0n) is 15.0. The lowest BCUT2D eigenvalue weighted by molar-refractivity contribution is -0.115. The fourth-order valence-electron chi connectivity index (χ4n) is 2.62. The van der Waals surface area contributed by atoms with E-state index >= 15 is 0 Å². The summed E-state index contributed by atoms with van der Waals surface area (Å²) in [5.41, 5.74) is 1.67. The molecule has 0 aliphatic heterocycles. The monoisotopic (exact) mass is 424 g/mol. The molecule has 29 heavy (non-hydrogen) atoms. The van der Waals surface area contributed by atoms with Gasteiger partial charge in [0.2, 0.25) is 5.91 Å². The fourth-order valence-corrected chi connectivity index (χ4v) is 4.24. The highest BCUT2D eigenvalue weighted by Crippen LogP contribution is 2.30. The molecule has 0 saturated carbocycles. The first-order valence-corrected chi connectivity index (χ1v) is 10.2. The van der Waals surface area contributed by atoms with Gasteiger partial charge in [0.1, 0.15) is 28.2 Å². The summed E-state index contributed by atoms with van der Waals surface area (Å²) in [5, 5.41) is 19.3. The molecule has 1 aromatic carbocycles. The maximum absolute atomic E-state index is 13.2. The minimum absolute atomic E-state index is 0.230. The van der Waals surface area contributed by atoms with Gasteiger partial charge >= 0.3 is 0 Å². The van der Waals surface area contributed by atoms with Crippen LogP contribution in [0.5, 0.6) is 0 Å². The molecule has 144 valence electrons. The van der Waals surface area contributed by atoms with Crippen LogP contribution in [0.25, 0.3) is 16.7 Å². The normalized spacial score (nSPS) is 11.9. The van der Waals surface area contributed by atoms with E-state index in [0.29, 0.717) is 32.3 Å². The number of amides is 1. The Morgan fingerprint density at radius 1 is 1.31 bits per heavy atom. The van der Waals surface area contributed by atoms with Crippen molar-refractivity contribution in [3.05, 3.63) is 59.6 Å². The summed E-state index contributed by atoms with van der Waals surface area (Å²) in [6, 6.07) is 9.64.